The van der Waals surface area contributed by atoms with Crippen LogP contribution >= 0.6 is 0 Å². The van der Waals surface area contributed by atoms with Crippen LogP contribution in [0.5, 0.6) is 0 Å². The summed E-state index contributed by atoms with van der Waals surface area (Å²) in [4.78, 5) is 0. The molecule has 0 aromatic heterocycles. The van der Waals surface area contributed by atoms with Crippen molar-refractivity contribution in [2.24, 2.45) is 11.7 Å². The summed E-state index contributed by atoms with van der Waals surface area (Å²) in [5.74, 6) is 0.115. The Bertz CT molecular complexity index is 369. The molecular formula is C12H16F3N. The number of halogens is 3. The standard InChI is InChI=1S/C12H16F3N/c1-7(2)11(16)9-5-4-8(3)10(6-9)12(13,14)15/h4-7,11H,16H2,1-3H3/t11-/m0/s1. The Morgan fingerprint density at radius 1 is 1.19 bits per heavy atom. The number of hydrogen-bond donors (Lipinski definition) is 1. The molecule has 1 aromatic carbocycles. The summed E-state index contributed by atoms with van der Waals surface area (Å²) >= 11 is 0. The number of benzene rings is 1. The molecule has 0 aliphatic heterocycles. The fourth-order valence-electron chi connectivity index (χ4n) is 1.54. The van der Waals surface area contributed by atoms with Gasteiger partial charge in [0, 0.05) is 6.04 Å². The summed E-state index contributed by atoms with van der Waals surface area (Å²) in [5.41, 5.74) is 6.00. The van der Waals surface area contributed by atoms with Crippen molar-refractivity contribution in [1.82, 2.24) is 0 Å². The molecular weight excluding hydrogens is 215 g/mol. The topological polar surface area (TPSA) is 26.0 Å². The lowest BCUT2D eigenvalue weighted by atomic mass is 9.94. The maximum absolute atomic E-state index is 12.7. The predicted octanol–water partition coefficient (Wildman–Crippen LogP) is 3.67. The van der Waals surface area contributed by atoms with E-state index in [9.17, 15) is 13.2 Å². The number of hydrogen-bond acceptors (Lipinski definition) is 1. The van der Waals surface area contributed by atoms with E-state index in [0.29, 0.717) is 5.56 Å². The number of aryl methyl sites for hydroxylation is 1. The molecule has 0 saturated heterocycles. The second-order valence-corrected chi connectivity index (χ2v) is 4.34. The first-order valence-corrected chi connectivity index (χ1v) is 5.17. The molecule has 1 nitrogen and oxygen atoms in total. The summed E-state index contributed by atoms with van der Waals surface area (Å²) in [5, 5.41) is 0. The van der Waals surface area contributed by atoms with Gasteiger partial charge in [-0.15, -0.1) is 0 Å². The highest BCUT2D eigenvalue weighted by Gasteiger charge is 2.32. The van der Waals surface area contributed by atoms with Gasteiger partial charge in [0.15, 0.2) is 0 Å². The van der Waals surface area contributed by atoms with Gasteiger partial charge in [-0.1, -0.05) is 26.0 Å². The highest BCUT2D eigenvalue weighted by molar-refractivity contribution is 5.34. The fraction of sp³-hybridized carbons (Fsp3) is 0.500. The van der Waals surface area contributed by atoms with Crippen LogP contribution in [0.1, 0.15) is 36.6 Å². The van der Waals surface area contributed by atoms with E-state index in [1.807, 2.05) is 13.8 Å². The van der Waals surface area contributed by atoms with Crippen LogP contribution in [0.4, 0.5) is 13.2 Å². The third-order valence-electron chi connectivity index (χ3n) is 2.67. The van der Waals surface area contributed by atoms with Gasteiger partial charge in [-0.2, -0.15) is 13.2 Å². The van der Waals surface area contributed by atoms with Crippen LogP contribution in [0.2, 0.25) is 0 Å². The minimum atomic E-state index is -4.31. The van der Waals surface area contributed by atoms with Crippen molar-refractivity contribution in [3.05, 3.63) is 34.9 Å². The van der Waals surface area contributed by atoms with Crippen LogP contribution < -0.4 is 5.73 Å². The van der Waals surface area contributed by atoms with Crippen molar-refractivity contribution in [2.45, 2.75) is 33.0 Å². The normalized spacial score (nSPS) is 14.2. The Morgan fingerprint density at radius 3 is 2.19 bits per heavy atom. The Hall–Kier alpha value is -1.03. The summed E-state index contributed by atoms with van der Waals surface area (Å²) in [6.07, 6.45) is -4.31. The number of alkyl halides is 3. The van der Waals surface area contributed by atoms with Gasteiger partial charge in [-0.05, 0) is 30.0 Å². The molecule has 0 unspecified atom stereocenters. The minimum absolute atomic E-state index is 0.115. The van der Waals surface area contributed by atoms with Crippen LogP contribution in [0, 0.1) is 12.8 Å². The van der Waals surface area contributed by atoms with Crippen LogP contribution in [0.25, 0.3) is 0 Å². The van der Waals surface area contributed by atoms with E-state index in [0.717, 1.165) is 6.07 Å². The van der Waals surface area contributed by atoms with Crippen LogP contribution in [0.15, 0.2) is 18.2 Å². The lowest BCUT2D eigenvalue weighted by Gasteiger charge is -2.18. The Kier molecular flexibility index (Phi) is 3.63. The molecule has 1 aromatic rings. The van der Waals surface area contributed by atoms with Gasteiger partial charge in [0.1, 0.15) is 0 Å². The van der Waals surface area contributed by atoms with Crippen molar-refractivity contribution >= 4 is 0 Å². The van der Waals surface area contributed by atoms with E-state index in [1.54, 1.807) is 6.07 Å². The molecule has 16 heavy (non-hydrogen) atoms. The quantitative estimate of drug-likeness (QED) is 0.825. The van der Waals surface area contributed by atoms with Gasteiger partial charge in [0.2, 0.25) is 0 Å². The predicted molar refractivity (Wildman–Crippen MR) is 57.9 cm³/mol. The smallest absolute Gasteiger partial charge is 0.324 e. The second-order valence-electron chi connectivity index (χ2n) is 4.34. The summed E-state index contributed by atoms with van der Waals surface area (Å²) in [7, 11) is 0. The zero-order chi connectivity index (χ0) is 12.5. The molecule has 1 atom stereocenters. The van der Waals surface area contributed by atoms with E-state index in [4.69, 9.17) is 5.73 Å². The number of nitrogens with two attached hydrogens (primary N) is 1. The van der Waals surface area contributed by atoms with Crippen LogP contribution in [-0.4, -0.2) is 0 Å². The van der Waals surface area contributed by atoms with Gasteiger partial charge in [-0.25, -0.2) is 0 Å². The van der Waals surface area contributed by atoms with Crippen LogP contribution in [-0.2, 0) is 6.18 Å². The lowest BCUT2D eigenvalue weighted by molar-refractivity contribution is -0.138. The largest absolute Gasteiger partial charge is 0.416 e. The third-order valence-corrected chi connectivity index (χ3v) is 2.67. The molecule has 0 heterocycles. The van der Waals surface area contributed by atoms with Gasteiger partial charge in [0.05, 0.1) is 5.56 Å². The van der Waals surface area contributed by atoms with Crippen molar-refractivity contribution in [3.8, 4) is 0 Å². The van der Waals surface area contributed by atoms with E-state index in [2.05, 4.69) is 0 Å². The molecule has 0 amide bonds. The molecule has 1 rings (SSSR count). The molecule has 0 spiro atoms. The molecule has 0 fully saturated rings. The molecule has 4 heteroatoms. The third kappa shape index (κ3) is 2.76. The summed E-state index contributed by atoms with van der Waals surface area (Å²) < 4.78 is 38.0. The Balaban J connectivity index is 3.18. The summed E-state index contributed by atoms with van der Waals surface area (Å²) in [6, 6.07) is 3.93. The minimum Gasteiger partial charge on any atom is -0.324 e. The van der Waals surface area contributed by atoms with Gasteiger partial charge < -0.3 is 5.73 Å². The summed E-state index contributed by atoms with van der Waals surface area (Å²) in [6.45, 7) is 5.23. The van der Waals surface area contributed by atoms with Crippen molar-refractivity contribution in [2.75, 3.05) is 0 Å². The molecule has 0 aliphatic rings. The molecule has 0 aliphatic carbocycles. The van der Waals surface area contributed by atoms with Crippen molar-refractivity contribution in [1.29, 1.82) is 0 Å². The zero-order valence-corrected chi connectivity index (χ0v) is 9.60. The highest BCUT2D eigenvalue weighted by atomic mass is 19.4. The van der Waals surface area contributed by atoms with Crippen molar-refractivity contribution in [3.63, 3.8) is 0 Å². The van der Waals surface area contributed by atoms with E-state index >= 15 is 0 Å². The second kappa shape index (κ2) is 4.45. The van der Waals surface area contributed by atoms with Gasteiger partial charge >= 0.3 is 6.18 Å². The molecule has 2 N–H and O–H groups in total. The number of rotatable bonds is 2. The molecule has 0 radical (unpaired) electrons. The average molecular weight is 231 g/mol. The lowest BCUT2D eigenvalue weighted by Crippen LogP contribution is -2.18. The zero-order valence-electron chi connectivity index (χ0n) is 9.60. The average Bonchev–Trinajstić information content (AvgIpc) is 2.15. The molecule has 0 bridgehead atoms. The van der Waals surface area contributed by atoms with E-state index in [-0.39, 0.29) is 17.5 Å². The maximum atomic E-state index is 12.7. The fourth-order valence-corrected chi connectivity index (χ4v) is 1.54. The first kappa shape index (κ1) is 13.0. The van der Waals surface area contributed by atoms with Gasteiger partial charge in [0.25, 0.3) is 0 Å². The maximum Gasteiger partial charge on any atom is 0.416 e. The van der Waals surface area contributed by atoms with E-state index < -0.39 is 11.7 Å². The molecule has 90 valence electrons. The van der Waals surface area contributed by atoms with Crippen LogP contribution in [0.3, 0.4) is 0 Å². The Morgan fingerprint density at radius 2 is 1.75 bits per heavy atom. The highest BCUT2D eigenvalue weighted by Crippen LogP contribution is 2.33. The SMILES string of the molecule is Cc1ccc([C@@H](N)C(C)C)cc1C(F)(F)F. The van der Waals surface area contributed by atoms with Gasteiger partial charge in [-0.3, -0.25) is 0 Å². The van der Waals surface area contributed by atoms with E-state index in [1.165, 1.54) is 13.0 Å². The molecule has 0 saturated carbocycles. The van der Waals surface area contributed by atoms with Crippen molar-refractivity contribution < 1.29 is 13.2 Å². The first-order valence-electron chi connectivity index (χ1n) is 5.17. The first-order chi connectivity index (χ1) is 7.23. The monoisotopic (exact) mass is 231 g/mol. The Labute approximate surface area is 93.5 Å².